The van der Waals surface area contributed by atoms with E-state index >= 15 is 0 Å². The molecule has 1 aromatic rings. The van der Waals surface area contributed by atoms with Crippen LogP contribution in [-0.4, -0.2) is 41.5 Å². The lowest BCUT2D eigenvalue weighted by molar-refractivity contribution is 0.0805. The molecule has 1 N–H and O–H groups in total. The third-order valence-corrected chi connectivity index (χ3v) is 3.49. The van der Waals surface area contributed by atoms with Gasteiger partial charge in [0.1, 0.15) is 0 Å². The third kappa shape index (κ3) is 4.94. The number of aliphatic hydroxyl groups excluding tert-OH is 1. The lowest BCUT2D eigenvalue weighted by Gasteiger charge is -2.27. The standard InChI is InChI=1S/C15H22ClNO2/c1-3-4-9-17(10-11-18)12(2)15(19)13-5-7-14(16)8-6-13/h5-8,12,18H,3-4,9-11H2,1-2H3. The Balaban J connectivity index is 2.74. The van der Waals surface area contributed by atoms with Gasteiger partial charge in [-0.1, -0.05) is 24.9 Å². The van der Waals surface area contributed by atoms with Crippen molar-refractivity contribution in [1.82, 2.24) is 4.90 Å². The van der Waals surface area contributed by atoms with Crippen LogP contribution in [-0.2, 0) is 0 Å². The second-order valence-electron chi connectivity index (χ2n) is 4.66. The highest BCUT2D eigenvalue weighted by Crippen LogP contribution is 2.14. The van der Waals surface area contributed by atoms with E-state index in [4.69, 9.17) is 16.7 Å². The van der Waals surface area contributed by atoms with Gasteiger partial charge in [0.2, 0.25) is 0 Å². The number of rotatable bonds is 8. The fraction of sp³-hybridized carbons (Fsp3) is 0.533. The SMILES string of the molecule is CCCCN(CCO)C(C)C(=O)c1ccc(Cl)cc1. The van der Waals surface area contributed by atoms with Crippen LogP contribution in [0.2, 0.25) is 5.02 Å². The molecule has 0 saturated carbocycles. The first-order chi connectivity index (χ1) is 9.10. The molecule has 0 aromatic heterocycles. The van der Waals surface area contributed by atoms with Gasteiger partial charge in [-0.3, -0.25) is 9.69 Å². The van der Waals surface area contributed by atoms with Gasteiger partial charge < -0.3 is 5.11 Å². The minimum atomic E-state index is -0.222. The van der Waals surface area contributed by atoms with Crippen molar-refractivity contribution in [1.29, 1.82) is 0 Å². The summed E-state index contributed by atoms with van der Waals surface area (Å²) in [6, 6.07) is 6.73. The molecule has 0 radical (unpaired) electrons. The molecule has 0 bridgehead atoms. The van der Waals surface area contributed by atoms with Crippen molar-refractivity contribution in [3.63, 3.8) is 0 Å². The minimum absolute atomic E-state index is 0.0706. The molecule has 1 atom stereocenters. The molecule has 0 aliphatic heterocycles. The predicted molar refractivity (Wildman–Crippen MR) is 78.8 cm³/mol. The van der Waals surface area contributed by atoms with Gasteiger partial charge >= 0.3 is 0 Å². The Labute approximate surface area is 120 Å². The summed E-state index contributed by atoms with van der Waals surface area (Å²) in [5.74, 6) is 0.0706. The van der Waals surface area contributed by atoms with Crippen LogP contribution in [0.5, 0.6) is 0 Å². The van der Waals surface area contributed by atoms with Gasteiger partial charge in [0.05, 0.1) is 12.6 Å². The lowest BCUT2D eigenvalue weighted by Crippen LogP contribution is -2.41. The zero-order valence-corrected chi connectivity index (χ0v) is 12.4. The zero-order valence-electron chi connectivity index (χ0n) is 11.6. The van der Waals surface area contributed by atoms with Gasteiger partial charge in [0, 0.05) is 17.1 Å². The molecule has 0 amide bonds. The van der Waals surface area contributed by atoms with Crippen molar-refractivity contribution >= 4 is 17.4 Å². The Morgan fingerprint density at radius 3 is 2.47 bits per heavy atom. The molecule has 0 aliphatic carbocycles. The van der Waals surface area contributed by atoms with Crippen LogP contribution >= 0.6 is 11.6 Å². The van der Waals surface area contributed by atoms with Crippen LogP contribution in [0.3, 0.4) is 0 Å². The maximum absolute atomic E-state index is 12.4. The summed E-state index contributed by atoms with van der Waals surface area (Å²) in [4.78, 5) is 14.4. The van der Waals surface area contributed by atoms with Crippen molar-refractivity contribution in [3.05, 3.63) is 34.9 Å². The molecular formula is C15H22ClNO2. The van der Waals surface area contributed by atoms with Crippen molar-refractivity contribution < 1.29 is 9.90 Å². The number of halogens is 1. The van der Waals surface area contributed by atoms with E-state index in [-0.39, 0.29) is 18.4 Å². The number of carbonyl (C=O) groups is 1. The molecule has 4 heteroatoms. The topological polar surface area (TPSA) is 40.5 Å². The lowest BCUT2D eigenvalue weighted by atomic mass is 10.0. The quantitative estimate of drug-likeness (QED) is 0.746. The number of Topliss-reactive ketones (excluding diaryl/α,β-unsaturated/α-hetero) is 1. The molecule has 0 heterocycles. The van der Waals surface area contributed by atoms with Gasteiger partial charge in [-0.15, -0.1) is 0 Å². The normalized spacial score (nSPS) is 12.7. The van der Waals surface area contributed by atoms with Gasteiger partial charge in [-0.05, 0) is 44.2 Å². The van der Waals surface area contributed by atoms with Crippen LogP contribution in [0.15, 0.2) is 24.3 Å². The van der Waals surface area contributed by atoms with Crippen LogP contribution in [0.25, 0.3) is 0 Å². The average Bonchev–Trinajstić information content (AvgIpc) is 2.42. The van der Waals surface area contributed by atoms with E-state index in [1.54, 1.807) is 24.3 Å². The van der Waals surface area contributed by atoms with Crippen molar-refractivity contribution in [2.75, 3.05) is 19.7 Å². The fourth-order valence-electron chi connectivity index (χ4n) is 2.01. The average molecular weight is 284 g/mol. The molecule has 0 fully saturated rings. The smallest absolute Gasteiger partial charge is 0.179 e. The largest absolute Gasteiger partial charge is 0.395 e. The summed E-state index contributed by atoms with van der Waals surface area (Å²) < 4.78 is 0. The summed E-state index contributed by atoms with van der Waals surface area (Å²) in [7, 11) is 0. The van der Waals surface area contributed by atoms with Gasteiger partial charge in [-0.25, -0.2) is 0 Å². The van der Waals surface area contributed by atoms with Crippen molar-refractivity contribution in [2.24, 2.45) is 0 Å². The van der Waals surface area contributed by atoms with Crippen molar-refractivity contribution in [2.45, 2.75) is 32.7 Å². The molecule has 1 aromatic carbocycles. The number of carbonyl (C=O) groups excluding carboxylic acids is 1. The van der Waals surface area contributed by atoms with E-state index < -0.39 is 0 Å². The number of aliphatic hydroxyl groups is 1. The molecule has 19 heavy (non-hydrogen) atoms. The third-order valence-electron chi connectivity index (χ3n) is 3.24. The molecule has 3 nitrogen and oxygen atoms in total. The Morgan fingerprint density at radius 1 is 1.32 bits per heavy atom. The number of benzene rings is 1. The number of ketones is 1. The molecule has 106 valence electrons. The highest BCUT2D eigenvalue weighted by atomic mass is 35.5. The first-order valence-electron chi connectivity index (χ1n) is 6.74. The van der Waals surface area contributed by atoms with E-state index in [9.17, 15) is 4.79 Å². The van der Waals surface area contributed by atoms with E-state index in [1.807, 2.05) is 11.8 Å². The summed E-state index contributed by atoms with van der Waals surface area (Å²) in [5.41, 5.74) is 0.663. The van der Waals surface area contributed by atoms with Gasteiger partial charge in [-0.2, -0.15) is 0 Å². The second kappa shape index (κ2) is 8.31. The fourth-order valence-corrected chi connectivity index (χ4v) is 2.14. The summed E-state index contributed by atoms with van der Waals surface area (Å²) in [5, 5.41) is 9.73. The second-order valence-corrected chi connectivity index (χ2v) is 5.10. The number of nitrogens with zero attached hydrogens (tertiary/aromatic N) is 1. The molecular weight excluding hydrogens is 262 g/mol. The van der Waals surface area contributed by atoms with Gasteiger partial charge in [0.15, 0.2) is 5.78 Å². The van der Waals surface area contributed by atoms with E-state index in [1.165, 1.54) is 0 Å². The highest BCUT2D eigenvalue weighted by molar-refractivity contribution is 6.30. The zero-order chi connectivity index (χ0) is 14.3. The van der Waals surface area contributed by atoms with Crippen LogP contribution in [0, 0.1) is 0 Å². The number of hydrogen-bond donors (Lipinski definition) is 1. The molecule has 1 unspecified atom stereocenters. The van der Waals surface area contributed by atoms with E-state index in [0.717, 1.165) is 19.4 Å². The summed E-state index contributed by atoms with van der Waals surface area (Å²) >= 11 is 5.82. The predicted octanol–water partition coefficient (Wildman–Crippen LogP) is 3.01. The maximum atomic E-state index is 12.4. The Bertz CT molecular complexity index is 392. The highest BCUT2D eigenvalue weighted by Gasteiger charge is 2.21. The Morgan fingerprint density at radius 2 is 1.95 bits per heavy atom. The van der Waals surface area contributed by atoms with E-state index in [2.05, 4.69) is 6.92 Å². The summed E-state index contributed by atoms with van der Waals surface area (Å²) in [6.45, 7) is 5.44. The van der Waals surface area contributed by atoms with Crippen molar-refractivity contribution in [3.8, 4) is 0 Å². The first-order valence-corrected chi connectivity index (χ1v) is 7.12. The molecule has 0 spiro atoms. The van der Waals surface area contributed by atoms with Crippen LogP contribution < -0.4 is 0 Å². The Hall–Kier alpha value is -0.900. The van der Waals surface area contributed by atoms with Crippen LogP contribution in [0.1, 0.15) is 37.0 Å². The maximum Gasteiger partial charge on any atom is 0.179 e. The monoisotopic (exact) mass is 283 g/mol. The minimum Gasteiger partial charge on any atom is -0.395 e. The van der Waals surface area contributed by atoms with E-state index in [0.29, 0.717) is 17.1 Å². The molecule has 0 saturated heterocycles. The van der Waals surface area contributed by atoms with Gasteiger partial charge in [0.25, 0.3) is 0 Å². The summed E-state index contributed by atoms with van der Waals surface area (Å²) in [6.07, 6.45) is 2.10. The number of hydrogen-bond acceptors (Lipinski definition) is 3. The number of unbranched alkanes of at least 4 members (excludes halogenated alkanes) is 1. The van der Waals surface area contributed by atoms with Crippen LogP contribution in [0.4, 0.5) is 0 Å². The Kier molecular flexibility index (Phi) is 7.06. The molecule has 1 rings (SSSR count). The molecule has 0 aliphatic rings. The first kappa shape index (κ1) is 16.2.